The molecule has 2 aliphatic rings. The zero-order valence-electron chi connectivity index (χ0n) is 9.21. The molecule has 1 heterocycles. The Morgan fingerprint density at radius 2 is 2.00 bits per heavy atom. The highest BCUT2D eigenvalue weighted by Crippen LogP contribution is 2.42. The van der Waals surface area contributed by atoms with Crippen molar-refractivity contribution in [1.82, 2.24) is 0 Å². The maximum absolute atomic E-state index is 11.4. The largest absolute Gasteiger partial charge is 0.481 e. The van der Waals surface area contributed by atoms with Crippen molar-refractivity contribution in [3.63, 3.8) is 0 Å². The van der Waals surface area contributed by atoms with Gasteiger partial charge in [-0.3, -0.25) is 4.79 Å². The third-order valence-corrected chi connectivity index (χ3v) is 3.91. The smallest absolute Gasteiger partial charge is 0.309 e. The van der Waals surface area contributed by atoms with E-state index in [4.69, 9.17) is 4.74 Å². The highest BCUT2D eigenvalue weighted by atomic mass is 16.5. The molecule has 2 rings (SSSR count). The molecule has 86 valence electrons. The van der Waals surface area contributed by atoms with Gasteiger partial charge >= 0.3 is 5.97 Å². The van der Waals surface area contributed by atoms with E-state index in [2.05, 4.69) is 0 Å². The van der Waals surface area contributed by atoms with Crippen molar-refractivity contribution < 1.29 is 14.6 Å². The number of hydrogen-bond donors (Lipinski definition) is 1. The van der Waals surface area contributed by atoms with Crippen LogP contribution in [0.2, 0.25) is 0 Å². The molecule has 0 aromatic rings. The van der Waals surface area contributed by atoms with Crippen LogP contribution in [0.15, 0.2) is 0 Å². The highest BCUT2D eigenvalue weighted by Gasteiger charge is 2.42. The van der Waals surface area contributed by atoms with Crippen LogP contribution in [-0.4, -0.2) is 23.8 Å². The molecule has 1 saturated heterocycles. The molecular formula is C12H20O3. The van der Waals surface area contributed by atoms with Crippen LogP contribution in [-0.2, 0) is 9.53 Å². The maximum atomic E-state index is 11.4. The van der Waals surface area contributed by atoms with E-state index in [0.29, 0.717) is 0 Å². The first-order valence-electron chi connectivity index (χ1n) is 6.08. The van der Waals surface area contributed by atoms with Gasteiger partial charge in [-0.15, -0.1) is 0 Å². The number of carboxylic acid groups (broad SMARTS) is 1. The van der Waals surface area contributed by atoms with Crippen LogP contribution in [0.1, 0.15) is 51.4 Å². The van der Waals surface area contributed by atoms with Crippen molar-refractivity contribution in [2.75, 3.05) is 6.61 Å². The van der Waals surface area contributed by atoms with Crippen molar-refractivity contribution in [1.29, 1.82) is 0 Å². The molecule has 0 spiro atoms. The van der Waals surface area contributed by atoms with Crippen molar-refractivity contribution in [2.24, 2.45) is 5.41 Å². The van der Waals surface area contributed by atoms with Crippen molar-refractivity contribution >= 4 is 5.97 Å². The summed E-state index contributed by atoms with van der Waals surface area (Å²) in [5.74, 6) is -0.599. The molecule has 1 aliphatic heterocycles. The third-order valence-electron chi connectivity index (χ3n) is 3.91. The van der Waals surface area contributed by atoms with Crippen molar-refractivity contribution in [2.45, 2.75) is 57.5 Å². The quantitative estimate of drug-likeness (QED) is 0.782. The van der Waals surface area contributed by atoms with Gasteiger partial charge in [0.1, 0.15) is 0 Å². The second-order valence-corrected chi connectivity index (χ2v) is 4.99. The van der Waals surface area contributed by atoms with Crippen LogP contribution >= 0.6 is 0 Å². The molecule has 0 amide bonds. The average Bonchev–Trinajstić information content (AvgIpc) is 2.71. The molecule has 0 radical (unpaired) electrons. The van der Waals surface area contributed by atoms with Gasteiger partial charge in [0.25, 0.3) is 0 Å². The summed E-state index contributed by atoms with van der Waals surface area (Å²) in [6.07, 6.45) is 8.12. The molecule has 3 heteroatoms. The van der Waals surface area contributed by atoms with Crippen molar-refractivity contribution in [3.8, 4) is 0 Å². The molecule has 1 N–H and O–H groups in total. The molecule has 15 heavy (non-hydrogen) atoms. The lowest BCUT2D eigenvalue weighted by Crippen LogP contribution is -2.36. The Kier molecular flexibility index (Phi) is 3.29. The Morgan fingerprint density at radius 1 is 1.27 bits per heavy atom. The van der Waals surface area contributed by atoms with Crippen LogP contribution in [0, 0.1) is 5.41 Å². The summed E-state index contributed by atoms with van der Waals surface area (Å²) in [7, 11) is 0. The second-order valence-electron chi connectivity index (χ2n) is 4.99. The lowest BCUT2D eigenvalue weighted by atomic mass is 9.70. The van der Waals surface area contributed by atoms with E-state index in [9.17, 15) is 9.90 Å². The summed E-state index contributed by atoms with van der Waals surface area (Å²) in [6.45, 7) is 0.820. The first-order valence-corrected chi connectivity index (χ1v) is 6.08. The Hall–Kier alpha value is -0.570. The normalized spacial score (nSPS) is 30.3. The van der Waals surface area contributed by atoms with Crippen molar-refractivity contribution in [3.05, 3.63) is 0 Å². The van der Waals surface area contributed by atoms with Gasteiger partial charge in [0.15, 0.2) is 0 Å². The van der Waals surface area contributed by atoms with E-state index in [1.807, 2.05) is 0 Å². The highest BCUT2D eigenvalue weighted by molar-refractivity contribution is 5.74. The predicted molar refractivity (Wildman–Crippen MR) is 56.7 cm³/mol. The maximum Gasteiger partial charge on any atom is 0.309 e. The first kappa shape index (κ1) is 10.9. The Balaban J connectivity index is 2.00. The van der Waals surface area contributed by atoms with Gasteiger partial charge in [-0.25, -0.2) is 0 Å². The molecule has 0 aromatic heterocycles. The summed E-state index contributed by atoms with van der Waals surface area (Å²) >= 11 is 0. The molecule has 3 nitrogen and oxygen atoms in total. The summed E-state index contributed by atoms with van der Waals surface area (Å²) in [5.41, 5.74) is -0.465. The van der Waals surface area contributed by atoms with E-state index >= 15 is 0 Å². The minimum atomic E-state index is -0.599. The van der Waals surface area contributed by atoms with Gasteiger partial charge in [-0.05, 0) is 32.1 Å². The Morgan fingerprint density at radius 3 is 2.53 bits per heavy atom. The number of rotatable bonds is 3. The van der Waals surface area contributed by atoms with E-state index in [-0.39, 0.29) is 6.10 Å². The van der Waals surface area contributed by atoms with E-state index in [1.165, 1.54) is 6.42 Å². The van der Waals surface area contributed by atoms with Gasteiger partial charge in [0.05, 0.1) is 11.5 Å². The molecule has 1 atom stereocenters. The Bertz CT molecular complexity index is 225. The number of hydrogen-bond acceptors (Lipinski definition) is 2. The monoisotopic (exact) mass is 212 g/mol. The Labute approximate surface area is 90.8 Å². The lowest BCUT2D eigenvalue weighted by molar-refractivity contribution is -0.153. The third kappa shape index (κ3) is 2.33. The molecule has 1 aliphatic carbocycles. The number of carboxylic acids is 1. The van der Waals surface area contributed by atoms with Gasteiger partial charge in [-0.2, -0.15) is 0 Å². The summed E-state index contributed by atoms with van der Waals surface area (Å²) in [6, 6.07) is 0. The molecule has 2 fully saturated rings. The summed E-state index contributed by atoms with van der Waals surface area (Å²) in [5, 5.41) is 9.39. The second kappa shape index (κ2) is 4.52. The average molecular weight is 212 g/mol. The molecule has 0 aromatic carbocycles. The zero-order chi connectivity index (χ0) is 10.7. The topological polar surface area (TPSA) is 46.5 Å². The fourth-order valence-electron chi connectivity index (χ4n) is 2.97. The van der Waals surface area contributed by atoms with Crippen LogP contribution in [0.5, 0.6) is 0 Å². The standard InChI is InChI=1S/C12H20O3/c13-11(14)12(6-2-1-3-7-12)9-10-5-4-8-15-10/h10H,1-9H2,(H,13,14). The number of carbonyl (C=O) groups is 1. The SMILES string of the molecule is O=C(O)C1(CC2CCCO2)CCCCC1. The number of aliphatic carboxylic acids is 1. The van der Waals surface area contributed by atoms with E-state index in [0.717, 1.165) is 51.6 Å². The van der Waals surface area contributed by atoms with E-state index < -0.39 is 11.4 Å². The van der Waals surface area contributed by atoms with Crippen LogP contribution in [0.3, 0.4) is 0 Å². The van der Waals surface area contributed by atoms with Crippen LogP contribution in [0.25, 0.3) is 0 Å². The fourth-order valence-corrected chi connectivity index (χ4v) is 2.97. The molecule has 1 saturated carbocycles. The van der Waals surface area contributed by atoms with Gasteiger partial charge in [-0.1, -0.05) is 19.3 Å². The summed E-state index contributed by atoms with van der Waals surface area (Å²) < 4.78 is 5.57. The predicted octanol–water partition coefficient (Wildman–Crippen LogP) is 2.59. The van der Waals surface area contributed by atoms with Gasteiger partial charge in [0.2, 0.25) is 0 Å². The van der Waals surface area contributed by atoms with E-state index in [1.54, 1.807) is 0 Å². The summed E-state index contributed by atoms with van der Waals surface area (Å²) in [4.78, 5) is 11.4. The minimum Gasteiger partial charge on any atom is -0.481 e. The van der Waals surface area contributed by atoms with Gasteiger partial charge < -0.3 is 9.84 Å². The molecular weight excluding hydrogens is 192 g/mol. The fraction of sp³-hybridized carbons (Fsp3) is 0.917. The van der Waals surface area contributed by atoms with Gasteiger partial charge in [0, 0.05) is 6.61 Å². The molecule has 0 bridgehead atoms. The number of ether oxygens (including phenoxy) is 1. The minimum absolute atomic E-state index is 0.208. The first-order chi connectivity index (χ1) is 7.23. The lowest BCUT2D eigenvalue weighted by Gasteiger charge is -2.34. The van der Waals surface area contributed by atoms with Crippen LogP contribution in [0.4, 0.5) is 0 Å². The van der Waals surface area contributed by atoms with Crippen LogP contribution < -0.4 is 0 Å². The molecule has 1 unspecified atom stereocenters. The zero-order valence-corrected chi connectivity index (χ0v) is 9.21.